The Hall–Kier alpha value is -0.600. The van der Waals surface area contributed by atoms with E-state index in [-0.39, 0.29) is 12.2 Å². The first kappa shape index (κ1) is 31.4. The first-order valence-electron chi connectivity index (χ1n) is 13.7. The lowest BCUT2D eigenvalue weighted by Crippen LogP contribution is -2.29. The summed E-state index contributed by atoms with van der Waals surface area (Å²) in [5, 5.41) is 19.9. The van der Waals surface area contributed by atoms with Crippen LogP contribution in [-0.4, -0.2) is 22.4 Å². The van der Waals surface area contributed by atoms with Crippen LogP contribution in [0.15, 0.2) is 23.3 Å². The summed E-state index contributed by atoms with van der Waals surface area (Å²) in [6.07, 6.45) is 15.9. The zero-order valence-electron chi connectivity index (χ0n) is 23.2. The van der Waals surface area contributed by atoms with Gasteiger partial charge in [0.15, 0.2) is 0 Å². The first-order chi connectivity index (χ1) is 15.0. The van der Waals surface area contributed by atoms with Crippen molar-refractivity contribution in [3.8, 4) is 0 Å². The quantitative estimate of drug-likeness (QED) is 0.205. The van der Waals surface area contributed by atoms with Gasteiger partial charge < -0.3 is 10.2 Å². The van der Waals surface area contributed by atoms with E-state index in [4.69, 9.17) is 0 Å². The molecule has 0 rings (SSSR count). The molecule has 1 unspecified atom stereocenters. The van der Waals surface area contributed by atoms with Crippen molar-refractivity contribution in [3.05, 3.63) is 23.3 Å². The number of hydrogen-bond acceptors (Lipinski definition) is 2. The predicted octanol–water partition coefficient (Wildman–Crippen LogP) is 8.87. The summed E-state index contributed by atoms with van der Waals surface area (Å²) in [7, 11) is 0. The predicted molar refractivity (Wildman–Crippen MR) is 143 cm³/mol. The molecule has 0 saturated heterocycles. The average molecular weight is 451 g/mol. The lowest BCUT2D eigenvalue weighted by atomic mass is 9.67. The van der Waals surface area contributed by atoms with Crippen molar-refractivity contribution in [1.82, 2.24) is 0 Å². The van der Waals surface area contributed by atoms with Crippen molar-refractivity contribution < 1.29 is 10.2 Å². The maximum absolute atomic E-state index is 10.1. The number of aliphatic hydroxyl groups is 2. The zero-order chi connectivity index (χ0) is 24.7. The molecule has 4 atom stereocenters. The van der Waals surface area contributed by atoms with E-state index in [1.54, 1.807) is 0 Å². The van der Waals surface area contributed by atoms with E-state index >= 15 is 0 Å². The molecular formula is C30H58O2. The Labute approximate surface area is 202 Å². The van der Waals surface area contributed by atoms with Gasteiger partial charge in [-0.1, -0.05) is 104 Å². The number of aliphatic hydroxyl groups excluding tert-OH is 2. The summed E-state index contributed by atoms with van der Waals surface area (Å²) < 4.78 is 0. The normalized spacial score (nSPS) is 17.5. The molecule has 0 aliphatic rings. The summed E-state index contributed by atoms with van der Waals surface area (Å²) in [5.41, 5.74) is 3.01. The van der Waals surface area contributed by atoms with E-state index in [2.05, 4.69) is 60.6 Å². The van der Waals surface area contributed by atoms with Crippen LogP contribution >= 0.6 is 0 Å². The van der Waals surface area contributed by atoms with Crippen LogP contribution in [-0.2, 0) is 0 Å². The number of rotatable bonds is 18. The second kappa shape index (κ2) is 16.9. The summed E-state index contributed by atoms with van der Waals surface area (Å²) >= 11 is 0. The van der Waals surface area contributed by atoms with Crippen LogP contribution in [0.4, 0.5) is 0 Å². The van der Waals surface area contributed by atoms with Gasteiger partial charge in [0.05, 0.1) is 12.2 Å². The molecule has 0 bridgehead atoms. The SMILES string of the molecule is CC/C(=C/C=C(/C[C@@H](O)CC)C[C@H](C)O)CCCC(C)(C)C(CC)[C@@H](C)CCCC(C)C. The monoisotopic (exact) mass is 450 g/mol. The maximum Gasteiger partial charge on any atom is 0.0574 e. The standard InChI is InChI=1S/C30H58O2/c1-10-26(18-19-27(21-25(7)31)22-28(32)11-2)17-14-20-30(8,9)29(12-3)24(6)16-13-15-23(4)5/h18-19,23-25,28-29,31-32H,10-17,20-22H2,1-9H3/b26-18-,27-19+/t24-,25-,28-,29?/m0/s1. The van der Waals surface area contributed by atoms with Gasteiger partial charge in [-0.15, -0.1) is 0 Å². The third kappa shape index (κ3) is 13.8. The van der Waals surface area contributed by atoms with E-state index in [0.29, 0.717) is 18.3 Å². The molecule has 0 aliphatic carbocycles. The molecule has 190 valence electrons. The van der Waals surface area contributed by atoms with Gasteiger partial charge in [0.1, 0.15) is 0 Å². The van der Waals surface area contributed by atoms with Crippen LogP contribution in [0, 0.1) is 23.2 Å². The molecule has 0 aromatic carbocycles. The van der Waals surface area contributed by atoms with Gasteiger partial charge in [0.25, 0.3) is 0 Å². The minimum Gasteiger partial charge on any atom is -0.393 e. The van der Waals surface area contributed by atoms with Crippen LogP contribution in [0.5, 0.6) is 0 Å². The highest BCUT2D eigenvalue weighted by molar-refractivity contribution is 5.19. The van der Waals surface area contributed by atoms with Crippen LogP contribution in [0.1, 0.15) is 133 Å². The Morgan fingerprint density at radius 3 is 1.94 bits per heavy atom. The zero-order valence-corrected chi connectivity index (χ0v) is 23.2. The second-order valence-electron chi connectivity index (χ2n) is 11.5. The van der Waals surface area contributed by atoms with E-state index in [0.717, 1.165) is 42.6 Å². The van der Waals surface area contributed by atoms with Crippen LogP contribution in [0.3, 0.4) is 0 Å². The Morgan fingerprint density at radius 1 is 0.812 bits per heavy atom. The van der Waals surface area contributed by atoms with Crippen LogP contribution in [0.2, 0.25) is 0 Å². The Kier molecular flexibility index (Phi) is 16.6. The lowest BCUT2D eigenvalue weighted by molar-refractivity contribution is 0.119. The van der Waals surface area contributed by atoms with Gasteiger partial charge in [0.2, 0.25) is 0 Å². The van der Waals surface area contributed by atoms with Crippen molar-refractivity contribution in [2.45, 2.75) is 145 Å². The van der Waals surface area contributed by atoms with Gasteiger partial charge in [-0.25, -0.2) is 0 Å². The lowest BCUT2D eigenvalue weighted by Gasteiger charge is -2.38. The Morgan fingerprint density at radius 2 is 1.44 bits per heavy atom. The Balaban J connectivity index is 4.96. The molecule has 0 aromatic rings. The van der Waals surface area contributed by atoms with E-state index < -0.39 is 0 Å². The van der Waals surface area contributed by atoms with Gasteiger partial charge in [-0.2, -0.15) is 0 Å². The smallest absolute Gasteiger partial charge is 0.0574 e. The van der Waals surface area contributed by atoms with E-state index in [1.807, 2.05) is 13.8 Å². The van der Waals surface area contributed by atoms with Gasteiger partial charge >= 0.3 is 0 Å². The number of allylic oxidation sites excluding steroid dienone is 3. The average Bonchev–Trinajstić information content (AvgIpc) is 2.69. The van der Waals surface area contributed by atoms with Crippen molar-refractivity contribution in [2.75, 3.05) is 0 Å². The summed E-state index contributed by atoms with van der Waals surface area (Å²) in [6.45, 7) is 20.6. The van der Waals surface area contributed by atoms with Gasteiger partial charge in [-0.3, -0.25) is 0 Å². The molecule has 0 fully saturated rings. The molecule has 2 heteroatoms. The van der Waals surface area contributed by atoms with Gasteiger partial charge in [0, 0.05) is 0 Å². The van der Waals surface area contributed by atoms with E-state index in [9.17, 15) is 10.2 Å². The summed E-state index contributed by atoms with van der Waals surface area (Å²) in [4.78, 5) is 0. The molecule has 2 N–H and O–H groups in total. The Bertz CT molecular complexity index is 527. The summed E-state index contributed by atoms with van der Waals surface area (Å²) in [6, 6.07) is 0. The highest BCUT2D eigenvalue weighted by Gasteiger charge is 2.31. The molecule has 0 aliphatic heterocycles. The highest BCUT2D eigenvalue weighted by Crippen LogP contribution is 2.41. The molecule has 32 heavy (non-hydrogen) atoms. The van der Waals surface area contributed by atoms with Crippen molar-refractivity contribution in [2.24, 2.45) is 23.2 Å². The van der Waals surface area contributed by atoms with Crippen molar-refractivity contribution in [1.29, 1.82) is 0 Å². The van der Waals surface area contributed by atoms with E-state index in [1.165, 1.54) is 44.1 Å². The number of hydrogen-bond donors (Lipinski definition) is 2. The largest absolute Gasteiger partial charge is 0.393 e. The molecule has 0 saturated carbocycles. The maximum atomic E-state index is 10.1. The molecular weight excluding hydrogens is 392 g/mol. The fraction of sp³-hybridized carbons (Fsp3) is 0.867. The molecule has 0 aromatic heterocycles. The fourth-order valence-electron chi connectivity index (χ4n) is 5.39. The van der Waals surface area contributed by atoms with Gasteiger partial charge in [-0.05, 0) is 75.0 Å². The minimum atomic E-state index is -0.363. The highest BCUT2D eigenvalue weighted by atomic mass is 16.3. The van der Waals surface area contributed by atoms with Crippen LogP contribution in [0.25, 0.3) is 0 Å². The topological polar surface area (TPSA) is 40.5 Å². The summed E-state index contributed by atoms with van der Waals surface area (Å²) in [5.74, 6) is 2.40. The second-order valence-corrected chi connectivity index (χ2v) is 11.5. The minimum absolute atomic E-state index is 0.312. The third-order valence-electron chi connectivity index (χ3n) is 7.43. The molecule has 2 nitrogen and oxygen atoms in total. The molecule has 0 amide bonds. The molecule has 0 radical (unpaired) electrons. The van der Waals surface area contributed by atoms with Crippen molar-refractivity contribution >= 4 is 0 Å². The molecule has 0 heterocycles. The van der Waals surface area contributed by atoms with Crippen LogP contribution < -0.4 is 0 Å². The van der Waals surface area contributed by atoms with Crippen molar-refractivity contribution in [3.63, 3.8) is 0 Å². The first-order valence-corrected chi connectivity index (χ1v) is 13.7. The third-order valence-corrected chi connectivity index (χ3v) is 7.43. The fourth-order valence-corrected chi connectivity index (χ4v) is 5.39. The molecule has 0 spiro atoms.